The Bertz CT molecular complexity index is 927. The number of aryl methyl sites for hydroxylation is 1. The minimum absolute atomic E-state index is 0. The van der Waals surface area contributed by atoms with Crippen LogP contribution < -0.4 is 10.6 Å². The third-order valence-electron chi connectivity index (χ3n) is 4.29. The lowest BCUT2D eigenvalue weighted by atomic mass is 10.1. The summed E-state index contributed by atoms with van der Waals surface area (Å²) in [6.45, 7) is 4.09. The highest BCUT2D eigenvalue weighted by Crippen LogP contribution is 2.19. The highest BCUT2D eigenvalue weighted by atomic mass is 127. The predicted molar refractivity (Wildman–Crippen MR) is 120 cm³/mol. The molecule has 7 heteroatoms. The van der Waals surface area contributed by atoms with Crippen molar-refractivity contribution in [2.75, 3.05) is 7.05 Å². The van der Waals surface area contributed by atoms with Crippen LogP contribution in [0.1, 0.15) is 30.0 Å². The van der Waals surface area contributed by atoms with E-state index in [0.717, 1.165) is 16.9 Å². The lowest BCUT2D eigenvalue weighted by Gasteiger charge is -2.18. The van der Waals surface area contributed by atoms with Gasteiger partial charge >= 0.3 is 0 Å². The number of aromatic nitrogens is 1. The van der Waals surface area contributed by atoms with Crippen LogP contribution in [-0.2, 0) is 6.54 Å². The number of nitrogens with zero attached hydrogens (tertiary/aromatic N) is 2. The van der Waals surface area contributed by atoms with Gasteiger partial charge in [0.1, 0.15) is 5.82 Å². The van der Waals surface area contributed by atoms with Crippen molar-refractivity contribution in [3.63, 3.8) is 0 Å². The second kappa shape index (κ2) is 10.2. The van der Waals surface area contributed by atoms with Gasteiger partial charge in [-0.3, -0.25) is 4.99 Å². The van der Waals surface area contributed by atoms with Gasteiger partial charge in [-0.15, -0.1) is 24.0 Å². The fourth-order valence-electron chi connectivity index (χ4n) is 2.65. The molecule has 3 aromatic rings. The summed E-state index contributed by atoms with van der Waals surface area (Å²) in [4.78, 5) is 8.50. The van der Waals surface area contributed by atoms with Gasteiger partial charge in [0.2, 0.25) is 5.89 Å². The summed E-state index contributed by atoms with van der Waals surface area (Å²) in [5, 5.41) is 6.41. The van der Waals surface area contributed by atoms with Crippen molar-refractivity contribution in [1.29, 1.82) is 0 Å². The molecule has 1 aromatic heterocycles. The second-order valence-electron chi connectivity index (χ2n) is 6.28. The third-order valence-corrected chi connectivity index (χ3v) is 4.29. The zero-order chi connectivity index (χ0) is 19.2. The average molecular weight is 494 g/mol. The number of aliphatic imine (C=N–C) groups is 1. The zero-order valence-electron chi connectivity index (χ0n) is 16.1. The molecule has 0 aliphatic heterocycles. The summed E-state index contributed by atoms with van der Waals surface area (Å²) < 4.78 is 19.6. The van der Waals surface area contributed by atoms with Crippen molar-refractivity contribution in [3.05, 3.63) is 77.6 Å². The normalized spacial score (nSPS) is 12.2. The molecule has 0 bridgehead atoms. The Kier molecular flexibility index (Phi) is 7.98. The molecule has 0 saturated heterocycles. The van der Waals surface area contributed by atoms with Gasteiger partial charge in [-0.1, -0.05) is 42.5 Å². The summed E-state index contributed by atoms with van der Waals surface area (Å²) in [6.07, 6.45) is 1.71. The Labute approximate surface area is 181 Å². The highest BCUT2D eigenvalue weighted by Gasteiger charge is 2.11. The standard InChI is InChI=1S/C21H23FN4O.HI/c1-14-9-10-17(11-18(14)22)15(2)26-21(23-3)25-13-20-24-12-19(27-20)16-7-5-4-6-8-16;/h4-12,15H,13H2,1-3H3,(H2,23,25,26);1H. The molecule has 0 spiro atoms. The summed E-state index contributed by atoms with van der Waals surface area (Å²) in [7, 11) is 1.68. The Hall–Kier alpha value is -2.42. The van der Waals surface area contributed by atoms with E-state index in [1.165, 1.54) is 0 Å². The van der Waals surface area contributed by atoms with E-state index < -0.39 is 0 Å². The van der Waals surface area contributed by atoms with Gasteiger partial charge in [0.05, 0.1) is 18.8 Å². The molecule has 1 heterocycles. The number of nitrogens with one attached hydrogen (secondary N) is 2. The van der Waals surface area contributed by atoms with Crippen LogP contribution in [0.2, 0.25) is 0 Å². The Balaban J connectivity index is 0.00000280. The third kappa shape index (κ3) is 5.54. The Morgan fingerprint density at radius 3 is 2.64 bits per heavy atom. The van der Waals surface area contributed by atoms with E-state index >= 15 is 0 Å². The van der Waals surface area contributed by atoms with Gasteiger partial charge < -0.3 is 15.1 Å². The first-order valence-electron chi connectivity index (χ1n) is 8.80. The van der Waals surface area contributed by atoms with E-state index in [2.05, 4.69) is 20.6 Å². The first kappa shape index (κ1) is 21.9. The second-order valence-corrected chi connectivity index (χ2v) is 6.28. The van der Waals surface area contributed by atoms with E-state index in [0.29, 0.717) is 24.0 Å². The largest absolute Gasteiger partial charge is 0.439 e. The molecule has 0 saturated carbocycles. The smallest absolute Gasteiger partial charge is 0.214 e. The summed E-state index contributed by atoms with van der Waals surface area (Å²) in [5.41, 5.74) is 2.46. The number of hydrogen-bond donors (Lipinski definition) is 2. The maximum Gasteiger partial charge on any atom is 0.214 e. The van der Waals surface area contributed by atoms with Crippen LogP contribution in [0.25, 0.3) is 11.3 Å². The fraction of sp³-hybridized carbons (Fsp3) is 0.238. The van der Waals surface area contributed by atoms with Crippen molar-refractivity contribution >= 4 is 29.9 Å². The molecule has 148 valence electrons. The Morgan fingerprint density at radius 1 is 1.21 bits per heavy atom. The molecule has 1 unspecified atom stereocenters. The minimum atomic E-state index is -0.211. The number of oxazole rings is 1. The molecule has 0 fully saturated rings. The van der Waals surface area contributed by atoms with E-state index in [1.807, 2.05) is 43.3 Å². The quantitative estimate of drug-likeness (QED) is 0.303. The lowest BCUT2D eigenvalue weighted by molar-refractivity contribution is 0.496. The molecule has 1 atom stereocenters. The molecule has 0 amide bonds. The molecule has 28 heavy (non-hydrogen) atoms. The van der Waals surface area contributed by atoms with E-state index in [-0.39, 0.29) is 35.8 Å². The molecular weight excluding hydrogens is 470 g/mol. The number of guanidine groups is 1. The van der Waals surface area contributed by atoms with Crippen molar-refractivity contribution in [1.82, 2.24) is 15.6 Å². The van der Waals surface area contributed by atoms with Crippen LogP contribution in [0, 0.1) is 12.7 Å². The Morgan fingerprint density at radius 2 is 1.96 bits per heavy atom. The fourth-order valence-corrected chi connectivity index (χ4v) is 2.65. The number of hydrogen-bond acceptors (Lipinski definition) is 3. The van der Waals surface area contributed by atoms with Gasteiger partial charge in [-0.25, -0.2) is 9.37 Å². The topological polar surface area (TPSA) is 62.5 Å². The minimum Gasteiger partial charge on any atom is -0.439 e. The lowest BCUT2D eigenvalue weighted by Crippen LogP contribution is -2.38. The first-order chi connectivity index (χ1) is 13.1. The van der Waals surface area contributed by atoms with E-state index in [9.17, 15) is 4.39 Å². The maximum atomic E-state index is 13.8. The number of rotatable bonds is 5. The van der Waals surface area contributed by atoms with Gasteiger partial charge in [0, 0.05) is 12.6 Å². The maximum absolute atomic E-state index is 13.8. The first-order valence-corrected chi connectivity index (χ1v) is 8.80. The SMILES string of the molecule is CN=C(NCc1ncc(-c2ccccc2)o1)NC(C)c1ccc(C)c(F)c1.I. The molecule has 0 aliphatic carbocycles. The van der Waals surface area contributed by atoms with Crippen molar-refractivity contribution in [2.24, 2.45) is 4.99 Å². The highest BCUT2D eigenvalue weighted by molar-refractivity contribution is 14.0. The zero-order valence-corrected chi connectivity index (χ0v) is 18.4. The molecule has 2 N–H and O–H groups in total. The van der Waals surface area contributed by atoms with Crippen LogP contribution >= 0.6 is 24.0 Å². The van der Waals surface area contributed by atoms with E-state index in [1.54, 1.807) is 32.3 Å². The van der Waals surface area contributed by atoms with Gasteiger partial charge in [0.15, 0.2) is 11.7 Å². The van der Waals surface area contributed by atoms with Gasteiger partial charge in [-0.05, 0) is 31.0 Å². The summed E-state index contributed by atoms with van der Waals surface area (Å²) in [6, 6.07) is 14.9. The molecular formula is C21H24FIN4O. The molecule has 5 nitrogen and oxygen atoms in total. The van der Waals surface area contributed by atoms with Crippen molar-refractivity contribution in [3.8, 4) is 11.3 Å². The average Bonchev–Trinajstić information content (AvgIpc) is 3.17. The van der Waals surface area contributed by atoms with E-state index in [4.69, 9.17) is 4.42 Å². The summed E-state index contributed by atoms with van der Waals surface area (Å²) in [5.74, 6) is 1.66. The summed E-state index contributed by atoms with van der Waals surface area (Å²) >= 11 is 0. The van der Waals surface area contributed by atoms with Gasteiger partial charge in [-0.2, -0.15) is 0 Å². The number of benzene rings is 2. The van der Waals surface area contributed by atoms with Crippen molar-refractivity contribution in [2.45, 2.75) is 26.4 Å². The van der Waals surface area contributed by atoms with Crippen LogP contribution in [0.15, 0.2) is 64.1 Å². The molecule has 2 aromatic carbocycles. The van der Waals surface area contributed by atoms with Crippen LogP contribution in [0.5, 0.6) is 0 Å². The van der Waals surface area contributed by atoms with Crippen LogP contribution in [0.3, 0.4) is 0 Å². The molecule has 3 rings (SSSR count). The van der Waals surface area contributed by atoms with Gasteiger partial charge in [0.25, 0.3) is 0 Å². The van der Waals surface area contributed by atoms with Crippen molar-refractivity contribution < 1.29 is 8.81 Å². The molecule has 0 radical (unpaired) electrons. The molecule has 0 aliphatic rings. The number of halogens is 2. The van der Waals surface area contributed by atoms with Crippen LogP contribution in [-0.4, -0.2) is 18.0 Å². The van der Waals surface area contributed by atoms with Crippen LogP contribution in [0.4, 0.5) is 4.39 Å². The monoisotopic (exact) mass is 494 g/mol. The predicted octanol–water partition coefficient (Wildman–Crippen LogP) is 4.83.